The van der Waals surface area contributed by atoms with E-state index in [-0.39, 0.29) is 18.5 Å². The fourth-order valence-corrected chi connectivity index (χ4v) is 1.77. The summed E-state index contributed by atoms with van der Waals surface area (Å²) in [5.74, 6) is -0.242. The van der Waals surface area contributed by atoms with Crippen molar-refractivity contribution in [2.75, 3.05) is 11.4 Å². The number of urea groups is 1. The van der Waals surface area contributed by atoms with E-state index in [9.17, 15) is 9.59 Å². The van der Waals surface area contributed by atoms with E-state index >= 15 is 0 Å². The van der Waals surface area contributed by atoms with Gasteiger partial charge in [-0.25, -0.2) is 4.79 Å². The molecule has 0 aliphatic carbocycles. The maximum absolute atomic E-state index is 11.1. The van der Waals surface area contributed by atoms with Crippen LogP contribution in [0, 0.1) is 0 Å². The molecule has 1 aromatic rings. The third kappa shape index (κ3) is 1.08. The number of rotatable bonds is 1. The van der Waals surface area contributed by atoms with Crippen molar-refractivity contribution in [2.45, 2.75) is 0 Å². The summed E-state index contributed by atoms with van der Waals surface area (Å²) >= 11 is 1.44. The fraction of sp³-hybridized carbons (Fsp3) is 0.143. The number of nitrogens with zero attached hydrogens (tertiary/aromatic N) is 1. The van der Waals surface area contributed by atoms with Crippen LogP contribution in [0.5, 0.6) is 0 Å². The quantitative estimate of drug-likeness (QED) is 0.653. The van der Waals surface area contributed by atoms with Crippen molar-refractivity contribution in [1.82, 2.24) is 5.32 Å². The molecule has 0 atom stereocenters. The number of anilines is 1. The molecule has 1 aliphatic rings. The van der Waals surface area contributed by atoms with Crippen molar-refractivity contribution >= 4 is 28.3 Å². The number of hydrogen-bond donors (Lipinski definition) is 1. The Labute approximate surface area is 72.8 Å². The Morgan fingerprint density at radius 2 is 2.33 bits per heavy atom. The van der Waals surface area contributed by atoms with Crippen LogP contribution in [-0.4, -0.2) is 18.5 Å². The average Bonchev–Trinajstić information content (AvgIpc) is 2.58. The minimum Gasteiger partial charge on any atom is -0.276 e. The number of carbonyl (C=O) groups is 2. The minimum absolute atomic E-state index is 0.138. The zero-order valence-electron chi connectivity index (χ0n) is 6.11. The Hall–Kier alpha value is -1.36. The first-order valence-corrected chi connectivity index (χ1v) is 4.30. The smallest absolute Gasteiger partial charge is 0.276 e. The van der Waals surface area contributed by atoms with E-state index in [1.165, 1.54) is 16.2 Å². The van der Waals surface area contributed by atoms with Gasteiger partial charge in [-0.1, -0.05) is 0 Å². The Kier molecular flexibility index (Phi) is 1.58. The van der Waals surface area contributed by atoms with Crippen LogP contribution >= 0.6 is 11.3 Å². The lowest BCUT2D eigenvalue weighted by molar-refractivity contribution is -0.117. The van der Waals surface area contributed by atoms with Gasteiger partial charge in [0.2, 0.25) is 5.91 Å². The Morgan fingerprint density at radius 1 is 1.50 bits per heavy atom. The summed E-state index contributed by atoms with van der Waals surface area (Å²) in [5.41, 5.74) is 0. The van der Waals surface area contributed by atoms with Crippen LogP contribution in [0.15, 0.2) is 17.5 Å². The molecule has 1 saturated heterocycles. The van der Waals surface area contributed by atoms with Gasteiger partial charge in [0.1, 0.15) is 6.54 Å². The van der Waals surface area contributed by atoms with Gasteiger partial charge in [-0.3, -0.25) is 15.0 Å². The second-order valence-corrected chi connectivity index (χ2v) is 3.32. The topological polar surface area (TPSA) is 49.4 Å². The first kappa shape index (κ1) is 7.30. The summed E-state index contributed by atoms with van der Waals surface area (Å²) in [6, 6.07) is 3.32. The van der Waals surface area contributed by atoms with Crippen LogP contribution in [0.25, 0.3) is 0 Å². The SMILES string of the molecule is O=C1CN(c2cccs2)C(=O)N1. The van der Waals surface area contributed by atoms with Gasteiger partial charge in [-0.15, -0.1) is 11.3 Å². The number of nitrogens with one attached hydrogen (secondary N) is 1. The second-order valence-electron chi connectivity index (χ2n) is 2.39. The molecule has 4 nitrogen and oxygen atoms in total. The van der Waals surface area contributed by atoms with E-state index < -0.39 is 0 Å². The Bertz CT molecular complexity index is 320. The van der Waals surface area contributed by atoms with Crippen LogP contribution < -0.4 is 10.2 Å². The maximum Gasteiger partial charge on any atom is 0.329 e. The normalized spacial score (nSPS) is 16.8. The van der Waals surface area contributed by atoms with Gasteiger partial charge in [0.15, 0.2) is 0 Å². The Balaban J connectivity index is 2.26. The van der Waals surface area contributed by atoms with Gasteiger partial charge in [0.25, 0.3) is 0 Å². The lowest BCUT2D eigenvalue weighted by Crippen LogP contribution is -2.27. The molecule has 0 unspecified atom stereocenters. The molecule has 0 spiro atoms. The average molecular weight is 182 g/mol. The van der Waals surface area contributed by atoms with Crippen LogP contribution in [0.2, 0.25) is 0 Å². The summed E-state index contributed by atoms with van der Waals surface area (Å²) in [4.78, 5) is 23.3. The standard InChI is InChI=1S/C7H6N2O2S/c10-5-4-9(7(11)8-5)6-2-1-3-12-6/h1-3H,4H2,(H,8,10,11). The van der Waals surface area contributed by atoms with E-state index in [0.29, 0.717) is 0 Å². The first-order chi connectivity index (χ1) is 5.77. The molecule has 12 heavy (non-hydrogen) atoms. The van der Waals surface area contributed by atoms with Crippen LogP contribution in [0.1, 0.15) is 0 Å². The number of thiophene rings is 1. The zero-order valence-corrected chi connectivity index (χ0v) is 6.93. The first-order valence-electron chi connectivity index (χ1n) is 3.42. The molecule has 1 fully saturated rings. The molecule has 2 heterocycles. The molecule has 0 radical (unpaired) electrons. The highest BCUT2D eigenvalue weighted by Gasteiger charge is 2.28. The van der Waals surface area contributed by atoms with Gasteiger partial charge in [-0.05, 0) is 17.5 Å². The molecule has 1 aromatic heterocycles. The van der Waals surface area contributed by atoms with Crippen LogP contribution in [0.3, 0.4) is 0 Å². The van der Waals surface area contributed by atoms with E-state index in [1.54, 1.807) is 0 Å². The predicted octanol–water partition coefficient (Wildman–Crippen LogP) is 0.804. The summed E-state index contributed by atoms with van der Waals surface area (Å²) in [5, 5.41) is 4.88. The molecule has 1 N–H and O–H groups in total. The van der Waals surface area contributed by atoms with Crippen molar-refractivity contribution in [2.24, 2.45) is 0 Å². The largest absolute Gasteiger partial charge is 0.329 e. The summed E-state index contributed by atoms with van der Waals surface area (Å²) < 4.78 is 0. The molecule has 5 heteroatoms. The third-order valence-electron chi connectivity index (χ3n) is 1.57. The summed E-state index contributed by atoms with van der Waals surface area (Å²) in [6.45, 7) is 0.138. The highest BCUT2D eigenvalue weighted by atomic mass is 32.1. The van der Waals surface area contributed by atoms with Gasteiger partial charge in [0.05, 0.1) is 5.00 Å². The summed E-state index contributed by atoms with van der Waals surface area (Å²) in [6.07, 6.45) is 0. The van der Waals surface area contributed by atoms with Crippen molar-refractivity contribution in [3.05, 3.63) is 17.5 Å². The Morgan fingerprint density at radius 3 is 2.83 bits per heavy atom. The van der Waals surface area contributed by atoms with Crippen molar-refractivity contribution in [3.8, 4) is 0 Å². The van der Waals surface area contributed by atoms with Gasteiger partial charge in [-0.2, -0.15) is 0 Å². The fourth-order valence-electron chi connectivity index (χ4n) is 1.04. The minimum atomic E-state index is -0.331. The summed E-state index contributed by atoms with van der Waals surface area (Å²) in [7, 11) is 0. The van der Waals surface area contributed by atoms with Crippen molar-refractivity contribution in [3.63, 3.8) is 0 Å². The molecule has 3 amide bonds. The lowest BCUT2D eigenvalue weighted by atomic mass is 10.5. The number of amides is 3. The molecule has 2 rings (SSSR count). The lowest BCUT2D eigenvalue weighted by Gasteiger charge is -2.08. The highest BCUT2D eigenvalue weighted by molar-refractivity contribution is 7.14. The molecular formula is C7H6N2O2S. The van der Waals surface area contributed by atoms with Crippen molar-refractivity contribution < 1.29 is 9.59 Å². The van der Waals surface area contributed by atoms with E-state index in [0.717, 1.165) is 5.00 Å². The predicted molar refractivity (Wildman–Crippen MR) is 45.2 cm³/mol. The number of hydrogen-bond acceptors (Lipinski definition) is 3. The van der Waals surface area contributed by atoms with E-state index in [4.69, 9.17) is 0 Å². The van der Waals surface area contributed by atoms with Gasteiger partial charge in [0, 0.05) is 0 Å². The zero-order chi connectivity index (χ0) is 8.55. The molecule has 0 saturated carbocycles. The molecule has 1 aliphatic heterocycles. The second kappa shape index (κ2) is 2.60. The number of imide groups is 1. The van der Waals surface area contributed by atoms with Gasteiger partial charge >= 0.3 is 6.03 Å². The van der Waals surface area contributed by atoms with E-state index in [1.807, 2.05) is 17.5 Å². The monoisotopic (exact) mass is 182 g/mol. The van der Waals surface area contributed by atoms with Gasteiger partial charge < -0.3 is 0 Å². The van der Waals surface area contributed by atoms with E-state index in [2.05, 4.69) is 5.32 Å². The van der Waals surface area contributed by atoms with Crippen LogP contribution in [0.4, 0.5) is 9.80 Å². The maximum atomic E-state index is 11.1. The third-order valence-corrected chi connectivity index (χ3v) is 2.46. The molecule has 0 bridgehead atoms. The molecule has 0 aromatic carbocycles. The van der Waals surface area contributed by atoms with Crippen LogP contribution in [-0.2, 0) is 4.79 Å². The molecular weight excluding hydrogens is 176 g/mol. The van der Waals surface area contributed by atoms with Crippen molar-refractivity contribution in [1.29, 1.82) is 0 Å². The number of carbonyl (C=O) groups excluding carboxylic acids is 2. The highest BCUT2D eigenvalue weighted by Crippen LogP contribution is 2.22. The molecule has 62 valence electrons.